The lowest BCUT2D eigenvalue weighted by Crippen LogP contribution is -2.66. The number of carbonyl (C=O) groups is 1. The molecular weight excluding hydrogens is 308 g/mol. The van der Waals surface area contributed by atoms with Crippen molar-refractivity contribution in [3.8, 4) is 5.75 Å². The molecule has 24 heavy (non-hydrogen) atoms. The van der Waals surface area contributed by atoms with Gasteiger partial charge in [0, 0.05) is 32.0 Å². The number of amides is 1. The number of pyridine rings is 1. The predicted octanol–water partition coefficient (Wildman–Crippen LogP) is 1.13. The summed E-state index contributed by atoms with van der Waals surface area (Å²) in [7, 11) is 1.81. The minimum absolute atomic E-state index is 0.0103. The van der Waals surface area contributed by atoms with Gasteiger partial charge in [0.2, 0.25) is 0 Å². The molecule has 2 aromatic heterocycles. The summed E-state index contributed by atoms with van der Waals surface area (Å²) in [6.07, 6.45) is 7.73. The third kappa shape index (κ3) is 2.65. The molecule has 7 heteroatoms. The van der Waals surface area contributed by atoms with Gasteiger partial charge in [0.1, 0.15) is 11.4 Å². The summed E-state index contributed by atoms with van der Waals surface area (Å²) in [5.74, 6) is 1.06. The fourth-order valence-corrected chi connectivity index (χ4v) is 3.46. The molecule has 2 aliphatic heterocycles. The summed E-state index contributed by atoms with van der Waals surface area (Å²) < 4.78 is 13.5. The maximum atomic E-state index is 12.4. The van der Waals surface area contributed by atoms with Crippen molar-refractivity contribution in [1.29, 1.82) is 0 Å². The van der Waals surface area contributed by atoms with Gasteiger partial charge in [-0.25, -0.2) is 0 Å². The largest absolute Gasteiger partial charge is 0.492 e. The molecule has 0 aliphatic carbocycles. The van der Waals surface area contributed by atoms with Crippen LogP contribution in [-0.4, -0.2) is 57.5 Å². The Morgan fingerprint density at radius 1 is 1.46 bits per heavy atom. The Balaban J connectivity index is 1.36. The lowest BCUT2D eigenvalue weighted by Gasteiger charge is -2.49. The summed E-state index contributed by atoms with van der Waals surface area (Å²) in [6.45, 7) is 2.53. The van der Waals surface area contributed by atoms with Gasteiger partial charge in [0.25, 0.3) is 5.91 Å². The molecule has 126 valence electrons. The normalized spacial score (nSPS) is 21.7. The molecule has 2 aromatic rings. The van der Waals surface area contributed by atoms with E-state index >= 15 is 0 Å². The molecule has 4 rings (SSSR count). The highest BCUT2D eigenvalue weighted by molar-refractivity contribution is 5.94. The first kappa shape index (κ1) is 15.1. The molecule has 0 aromatic carbocycles. The van der Waals surface area contributed by atoms with E-state index in [2.05, 4.69) is 10.1 Å². The van der Waals surface area contributed by atoms with Gasteiger partial charge in [-0.15, -0.1) is 0 Å². The van der Waals surface area contributed by atoms with Crippen molar-refractivity contribution < 1.29 is 14.3 Å². The lowest BCUT2D eigenvalue weighted by atomic mass is 9.81. The Morgan fingerprint density at radius 3 is 3.04 bits per heavy atom. The fourth-order valence-electron chi connectivity index (χ4n) is 3.46. The van der Waals surface area contributed by atoms with Crippen LogP contribution in [0.15, 0.2) is 36.9 Å². The molecule has 1 amide bonds. The van der Waals surface area contributed by atoms with Gasteiger partial charge in [-0.2, -0.15) is 5.10 Å². The first-order valence-electron chi connectivity index (χ1n) is 8.11. The zero-order valence-electron chi connectivity index (χ0n) is 13.6. The molecule has 1 atom stereocenters. The molecule has 0 bridgehead atoms. The number of hydrogen-bond donors (Lipinski definition) is 0. The van der Waals surface area contributed by atoms with Crippen molar-refractivity contribution in [2.45, 2.75) is 12.0 Å². The van der Waals surface area contributed by atoms with Crippen LogP contribution >= 0.6 is 0 Å². The highest BCUT2D eigenvalue weighted by Gasteiger charge is 2.54. The van der Waals surface area contributed by atoms with Crippen LogP contribution in [0.4, 0.5) is 0 Å². The van der Waals surface area contributed by atoms with E-state index in [1.54, 1.807) is 36.5 Å². The van der Waals surface area contributed by atoms with Crippen molar-refractivity contribution in [3.05, 3.63) is 42.5 Å². The topological polar surface area (TPSA) is 69.5 Å². The molecule has 0 radical (unpaired) electrons. The average molecular weight is 328 g/mol. The van der Waals surface area contributed by atoms with E-state index in [-0.39, 0.29) is 17.4 Å². The molecule has 2 aliphatic rings. The monoisotopic (exact) mass is 328 g/mol. The highest BCUT2D eigenvalue weighted by atomic mass is 16.5. The third-order valence-electron chi connectivity index (χ3n) is 4.84. The van der Waals surface area contributed by atoms with Crippen molar-refractivity contribution >= 4 is 5.91 Å². The van der Waals surface area contributed by atoms with Crippen LogP contribution in [0.2, 0.25) is 0 Å². The number of aromatic nitrogens is 3. The number of aryl methyl sites for hydroxylation is 1. The maximum absolute atomic E-state index is 12.4. The van der Waals surface area contributed by atoms with Crippen molar-refractivity contribution in [1.82, 2.24) is 19.7 Å². The molecule has 0 N–H and O–H groups in total. The molecule has 7 nitrogen and oxygen atoms in total. The van der Waals surface area contributed by atoms with Crippen LogP contribution in [0.25, 0.3) is 0 Å². The second kappa shape index (κ2) is 5.90. The number of hydrogen-bond acceptors (Lipinski definition) is 5. The average Bonchev–Trinajstić information content (AvgIpc) is 3.18. The van der Waals surface area contributed by atoms with Crippen LogP contribution in [0, 0.1) is 5.92 Å². The van der Waals surface area contributed by atoms with Crippen molar-refractivity contribution in [3.63, 3.8) is 0 Å². The SMILES string of the molecule is Cn1cc(C(=O)N2CC3(C2)OCC[C@@H]3COc2cccnc2)cn1. The number of likely N-dealkylation sites (tertiary alicyclic amines) is 1. The Kier molecular flexibility index (Phi) is 3.72. The molecule has 4 heterocycles. The maximum Gasteiger partial charge on any atom is 0.257 e. The third-order valence-corrected chi connectivity index (χ3v) is 4.84. The summed E-state index contributed by atoms with van der Waals surface area (Å²) in [5, 5.41) is 4.06. The Labute approximate surface area is 140 Å². The number of nitrogens with zero attached hydrogens (tertiary/aromatic N) is 4. The van der Waals surface area contributed by atoms with Crippen molar-refractivity contribution in [2.24, 2.45) is 13.0 Å². The summed E-state index contributed by atoms with van der Waals surface area (Å²) >= 11 is 0. The molecule has 1 spiro atoms. The van der Waals surface area contributed by atoms with E-state index in [0.29, 0.717) is 25.3 Å². The minimum atomic E-state index is -0.264. The van der Waals surface area contributed by atoms with Gasteiger partial charge in [0.15, 0.2) is 0 Å². The first-order valence-corrected chi connectivity index (χ1v) is 8.11. The van der Waals surface area contributed by atoms with Gasteiger partial charge in [0.05, 0.1) is 37.7 Å². The summed E-state index contributed by atoms with van der Waals surface area (Å²) in [5.41, 5.74) is 0.355. The quantitative estimate of drug-likeness (QED) is 0.841. The number of carbonyl (C=O) groups excluding carboxylic acids is 1. The van der Waals surface area contributed by atoms with E-state index in [1.165, 1.54) is 0 Å². The first-order chi connectivity index (χ1) is 11.7. The van der Waals surface area contributed by atoms with E-state index in [0.717, 1.165) is 18.8 Å². The zero-order chi connectivity index (χ0) is 16.6. The Hall–Kier alpha value is -2.41. The molecular formula is C17H20N4O3. The number of ether oxygens (including phenoxy) is 2. The van der Waals surface area contributed by atoms with Gasteiger partial charge in [-0.3, -0.25) is 14.5 Å². The van der Waals surface area contributed by atoms with Crippen LogP contribution in [0.1, 0.15) is 16.8 Å². The van der Waals surface area contributed by atoms with Crippen LogP contribution in [0.5, 0.6) is 5.75 Å². The molecule has 2 saturated heterocycles. The van der Waals surface area contributed by atoms with Crippen LogP contribution in [-0.2, 0) is 11.8 Å². The van der Waals surface area contributed by atoms with Gasteiger partial charge in [-0.1, -0.05) is 0 Å². The number of rotatable bonds is 4. The van der Waals surface area contributed by atoms with Gasteiger partial charge < -0.3 is 14.4 Å². The smallest absolute Gasteiger partial charge is 0.257 e. The lowest BCUT2D eigenvalue weighted by molar-refractivity contribution is -0.122. The van der Waals surface area contributed by atoms with E-state index in [4.69, 9.17) is 9.47 Å². The van der Waals surface area contributed by atoms with Gasteiger partial charge >= 0.3 is 0 Å². The molecule has 0 saturated carbocycles. The second-order valence-corrected chi connectivity index (χ2v) is 6.46. The Morgan fingerprint density at radius 2 is 2.33 bits per heavy atom. The van der Waals surface area contributed by atoms with Crippen LogP contribution in [0.3, 0.4) is 0 Å². The molecule has 0 unspecified atom stereocenters. The molecule has 2 fully saturated rings. The van der Waals surface area contributed by atoms with Crippen molar-refractivity contribution in [2.75, 3.05) is 26.3 Å². The summed E-state index contributed by atoms with van der Waals surface area (Å²) in [4.78, 5) is 18.3. The van der Waals surface area contributed by atoms with Crippen LogP contribution < -0.4 is 4.74 Å². The second-order valence-electron chi connectivity index (χ2n) is 6.46. The fraction of sp³-hybridized carbons (Fsp3) is 0.471. The van der Waals surface area contributed by atoms with Gasteiger partial charge in [-0.05, 0) is 18.6 Å². The minimum Gasteiger partial charge on any atom is -0.492 e. The van der Waals surface area contributed by atoms with E-state index in [9.17, 15) is 4.79 Å². The van der Waals surface area contributed by atoms with E-state index < -0.39 is 0 Å². The Bertz CT molecular complexity index is 724. The highest BCUT2D eigenvalue weighted by Crippen LogP contribution is 2.40. The standard InChI is InChI=1S/C17H20N4O3/c1-20-9-13(7-19-20)16(22)21-11-17(12-21)14(4-6-24-17)10-23-15-3-2-5-18-8-15/h2-3,5,7-9,14H,4,6,10-12H2,1H3/t14-/m1/s1. The zero-order valence-corrected chi connectivity index (χ0v) is 13.6. The predicted molar refractivity (Wildman–Crippen MR) is 85.6 cm³/mol. The van der Waals surface area contributed by atoms with E-state index in [1.807, 2.05) is 17.0 Å². The summed E-state index contributed by atoms with van der Waals surface area (Å²) in [6, 6.07) is 3.75.